The number of hydrogen-bond donors (Lipinski definition) is 3. The summed E-state index contributed by atoms with van der Waals surface area (Å²) in [5.41, 5.74) is 7.17. The lowest BCUT2D eigenvalue weighted by atomic mass is 10.0. The Hall–Kier alpha value is -3.73. The van der Waals surface area contributed by atoms with E-state index in [-0.39, 0.29) is 17.9 Å². The van der Waals surface area contributed by atoms with Gasteiger partial charge in [0.2, 0.25) is 17.2 Å². The molecule has 3 rings (SSSR count). The number of ether oxygens (including phenoxy) is 1. The molecule has 0 spiro atoms. The molecule has 0 saturated carbocycles. The number of thiazole rings is 1. The molecule has 0 aliphatic carbocycles. The lowest BCUT2D eigenvalue weighted by Gasteiger charge is -2.23. The second kappa shape index (κ2) is 12.0. The number of nitrogens with two attached hydrogens (primary N) is 1. The quantitative estimate of drug-likeness (QED) is 0.346. The Kier molecular flexibility index (Phi) is 9.04. The fraction of sp³-hybridized carbons (Fsp3) is 0.423. The normalized spacial score (nSPS) is 12.8. The number of rotatable bonds is 11. The highest BCUT2D eigenvalue weighted by molar-refractivity contribution is 7.13. The van der Waals surface area contributed by atoms with Crippen LogP contribution < -0.4 is 26.5 Å². The van der Waals surface area contributed by atoms with Gasteiger partial charge < -0.3 is 25.5 Å². The van der Waals surface area contributed by atoms with Crippen LogP contribution in [-0.2, 0) is 20.8 Å². The van der Waals surface area contributed by atoms with Crippen molar-refractivity contribution in [2.75, 3.05) is 6.54 Å². The summed E-state index contributed by atoms with van der Waals surface area (Å²) in [5.74, 6) is -1.17. The number of fused-ring (bicyclic) bond motifs is 1. The second-order valence-electron chi connectivity index (χ2n) is 9.22. The molecule has 2 heterocycles. The smallest absolute Gasteiger partial charge is 0.261 e. The molecule has 0 radical (unpaired) electrons. The third-order valence-electron chi connectivity index (χ3n) is 5.64. The molecule has 11 heteroatoms. The van der Waals surface area contributed by atoms with Gasteiger partial charge in [-0.05, 0) is 44.2 Å². The van der Waals surface area contributed by atoms with Crippen molar-refractivity contribution < 1.29 is 23.5 Å². The van der Waals surface area contributed by atoms with Gasteiger partial charge in [0.05, 0.1) is 17.5 Å². The Labute approximate surface area is 218 Å². The van der Waals surface area contributed by atoms with Gasteiger partial charge in [-0.2, -0.15) is 0 Å². The molecule has 0 aliphatic rings. The van der Waals surface area contributed by atoms with Gasteiger partial charge in [-0.1, -0.05) is 20.8 Å². The summed E-state index contributed by atoms with van der Waals surface area (Å²) in [5, 5.41) is 7.98. The maximum absolute atomic E-state index is 13.2. The number of carbonyl (C=O) groups is 3. The molecule has 3 amide bonds. The summed E-state index contributed by atoms with van der Waals surface area (Å²) < 4.78 is 11.7. The van der Waals surface area contributed by atoms with Crippen molar-refractivity contribution in [3.05, 3.63) is 45.3 Å². The minimum atomic E-state index is -0.953. The van der Waals surface area contributed by atoms with E-state index < -0.39 is 29.9 Å². The molecule has 0 fully saturated rings. The number of primary amides is 1. The van der Waals surface area contributed by atoms with Gasteiger partial charge in [-0.25, -0.2) is 4.98 Å². The Morgan fingerprint density at radius 3 is 2.51 bits per heavy atom. The van der Waals surface area contributed by atoms with E-state index in [0.29, 0.717) is 40.1 Å². The van der Waals surface area contributed by atoms with E-state index >= 15 is 0 Å². The summed E-state index contributed by atoms with van der Waals surface area (Å²) in [6.45, 7) is 8.85. The number of nitrogens with zero attached hydrogens (tertiary/aromatic N) is 1. The highest BCUT2D eigenvalue weighted by atomic mass is 32.1. The van der Waals surface area contributed by atoms with Crippen LogP contribution in [0.5, 0.6) is 5.75 Å². The fourth-order valence-corrected chi connectivity index (χ4v) is 4.55. The SMILES string of the molecule is CCc1cc2c(=O)c(-c3nc(C)cs3)coc2cc1O[C@H](C)C(=O)N[C@H](CC(C)C)C(=O)NCC(N)=O. The van der Waals surface area contributed by atoms with E-state index in [1.807, 2.05) is 33.1 Å². The van der Waals surface area contributed by atoms with Gasteiger partial charge in [-0.15, -0.1) is 11.3 Å². The van der Waals surface area contributed by atoms with Crippen molar-refractivity contribution in [3.8, 4) is 16.3 Å². The van der Waals surface area contributed by atoms with E-state index in [1.54, 1.807) is 19.1 Å². The van der Waals surface area contributed by atoms with E-state index in [2.05, 4.69) is 15.6 Å². The van der Waals surface area contributed by atoms with Gasteiger partial charge >= 0.3 is 0 Å². The number of aromatic nitrogens is 1. The molecule has 0 aliphatic heterocycles. The average Bonchev–Trinajstić information content (AvgIpc) is 3.27. The molecule has 4 N–H and O–H groups in total. The highest BCUT2D eigenvalue weighted by Crippen LogP contribution is 2.29. The minimum Gasteiger partial charge on any atom is -0.480 e. The zero-order valence-electron chi connectivity index (χ0n) is 21.5. The number of carbonyl (C=O) groups excluding carboxylic acids is 3. The predicted molar refractivity (Wildman–Crippen MR) is 141 cm³/mol. The molecule has 2 aromatic heterocycles. The van der Waals surface area contributed by atoms with Gasteiger partial charge in [0.25, 0.3) is 5.91 Å². The van der Waals surface area contributed by atoms with Crippen LogP contribution in [0, 0.1) is 12.8 Å². The predicted octanol–water partition coefficient (Wildman–Crippen LogP) is 2.69. The highest BCUT2D eigenvalue weighted by Gasteiger charge is 2.26. The zero-order valence-corrected chi connectivity index (χ0v) is 22.4. The third-order valence-corrected chi connectivity index (χ3v) is 6.63. The molecule has 3 aromatic rings. The average molecular weight is 529 g/mol. The summed E-state index contributed by atoms with van der Waals surface area (Å²) in [6.07, 6.45) is 1.34. The van der Waals surface area contributed by atoms with Crippen molar-refractivity contribution in [2.45, 2.75) is 59.6 Å². The molecule has 37 heavy (non-hydrogen) atoms. The summed E-state index contributed by atoms with van der Waals surface area (Å²) in [4.78, 5) is 54.0. The molecule has 10 nitrogen and oxygen atoms in total. The first-order chi connectivity index (χ1) is 17.5. The van der Waals surface area contributed by atoms with Crippen molar-refractivity contribution in [3.63, 3.8) is 0 Å². The number of nitrogens with one attached hydrogen (secondary N) is 2. The topological polar surface area (TPSA) is 154 Å². The third kappa shape index (κ3) is 6.94. The van der Waals surface area contributed by atoms with Gasteiger partial charge in [-0.3, -0.25) is 19.2 Å². The Bertz CT molecular complexity index is 1360. The van der Waals surface area contributed by atoms with Crippen molar-refractivity contribution >= 4 is 40.0 Å². The summed E-state index contributed by atoms with van der Waals surface area (Å²) in [6, 6.07) is 2.46. The van der Waals surface area contributed by atoms with Gasteiger partial charge in [0.15, 0.2) is 6.10 Å². The molecular weight excluding hydrogens is 496 g/mol. The van der Waals surface area contributed by atoms with Crippen molar-refractivity contribution in [1.29, 1.82) is 0 Å². The maximum atomic E-state index is 13.2. The Morgan fingerprint density at radius 1 is 1.19 bits per heavy atom. The first-order valence-electron chi connectivity index (χ1n) is 12.0. The molecule has 2 atom stereocenters. The van der Waals surface area contributed by atoms with Crippen molar-refractivity contribution in [2.24, 2.45) is 11.7 Å². The zero-order chi connectivity index (χ0) is 27.3. The molecular formula is C26H32N4O6S. The molecule has 0 bridgehead atoms. The first-order valence-corrected chi connectivity index (χ1v) is 12.9. The monoisotopic (exact) mass is 528 g/mol. The van der Waals surface area contributed by atoms with E-state index in [4.69, 9.17) is 14.9 Å². The Morgan fingerprint density at radius 2 is 1.92 bits per heavy atom. The van der Waals surface area contributed by atoms with E-state index in [9.17, 15) is 19.2 Å². The first kappa shape index (κ1) is 27.9. The van der Waals surface area contributed by atoms with Crippen LogP contribution in [0.3, 0.4) is 0 Å². The lowest BCUT2D eigenvalue weighted by molar-refractivity contribution is -0.133. The van der Waals surface area contributed by atoms with Crippen LogP contribution in [0.25, 0.3) is 21.5 Å². The minimum absolute atomic E-state index is 0.106. The number of hydrogen-bond acceptors (Lipinski definition) is 8. The van der Waals surface area contributed by atoms with Crippen LogP contribution in [0.15, 0.2) is 33.0 Å². The number of amides is 3. The molecule has 1 aromatic carbocycles. The largest absolute Gasteiger partial charge is 0.480 e. The van der Waals surface area contributed by atoms with Gasteiger partial charge in [0, 0.05) is 17.1 Å². The lowest BCUT2D eigenvalue weighted by Crippen LogP contribution is -2.51. The summed E-state index contributed by atoms with van der Waals surface area (Å²) >= 11 is 1.37. The number of aryl methyl sites for hydroxylation is 2. The van der Waals surface area contributed by atoms with Crippen molar-refractivity contribution in [1.82, 2.24) is 15.6 Å². The van der Waals surface area contributed by atoms with E-state index in [1.165, 1.54) is 17.6 Å². The summed E-state index contributed by atoms with van der Waals surface area (Å²) in [7, 11) is 0. The van der Waals surface area contributed by atoms with Gasteiger partial charge in [0.1, 0.15) is 28.6 Å². The van der Waals surface area contributed by atoms with Crippen LogP contribution >= 0.6 is 11.3 Å². The second-order valence-corrected chi connectivity index (χ2v) is 10.1. The van der Waals surface area contributed by atoms with Crippen LogP contribution in [-0.4, -0.2) is 41.4 Å². The molecule has 198 valence electrons. The fourth-order valence-electron chi connectivity index (χ4n) is 3.75. The maximum Gasteiger partial charge on any atom is 0.261 e. The number of benzene rings is 1. The van der Waals surface area contributed by atoms with E-state index in [0.717, 1.165) is 11.3 Å². The van der Waals surface area contributed by atoms with Crippen LogP contribution in [0.2, 0.25) is 0 Å². The molecule has 0 unspecified atom stereocenters. The van der Waals surface area contributed by atoms with Crippen LogP contribution in [0.1, 0.15) is 45.4 Å². The van der Waals surface area contributed by atoms with Crippen LogP contribution in [0.4, 0.5) is 0 Å². The molecule has 0 saturated heterocycles. The standard InChI is InChI=1S/C26H32N4O6S/c1-6-16-8-17-21(35-11-18(23(17)32)26-29-14(4)12-37-26)9-20(16)36-15(5)24(33)30-19(7-13(2)3)25(34)28-10-22(27)31/h8-9,11-13,15,19H,6-7,10H2,1-5H3,(H2,27,31)(H,28,34)(H,30,33)/t15-,19-/m1/s1. The Balaban J connectivity index is 1.82.